The van der Waals surface area contributed by atoms with E-state index in [0.29, 0.717) is 22.5 Å². The molecule has 3 aromatic rings. The van der Waals surface area contributed by atoms with Gasteiger partial charge in [-0.15, -0.1) is 0 Å². The number of nitro groups is 1. The van der Waals surface area contributed by atoms with Crippen LogP contribution >= 0.6 is 11.6 Å². The fourth-order valence-electron chi connectivity index (χ4n) is 3.20. The van der Waals surface area contributed by atoms with E-state index in [2.05, 4.69) is 5.32 Å². The predicted molar refractivity (Wildman–Crippen MR) is 104 cm³/mol. The van der Waals surface area contributed by atoms with Crippen molar-refractivity contribution >= 4 is 34.6 Å². The average Bonchev–Trinajstić information content (AvgIpc) is 2.70. The number of hydrogen-bond acceptors (Lipinski definition) is 4. The zero-order chi connectivity index (χ0) is 19.8. The minimum atomic E-state index is -0.733. The highest BCUT2D eigenvalue weighted by Crippen LogP contribution is 2.38. The van der Waals surface area contributed by atoms with Crippen molar-refractivity contribution in [2.24, 2.45) is 0 Å². The number of nitrogens with zero attached hydrogens (tertiary/aromatic N) is 2. The second-order valence-corrected chi connectivity index (χ2v) is 6.63. The van der Waals surface area contributed by atoms with Crippen molar-refractivity contribution in [1.29, 1.82) is 0 Å². The van der Waals surface area contributed by atoms with Crippen LogP contribution in [0.4, 0.5) is 21.5 Å². The molecule has 0 saturated carbocycles. The number of benzene rings is 3. The first kappa shape index (κ1) is 17.9. The molecule has 1 unspecified atom stereocenters. The summed E-state index contributed by atoms with van der Waals surface area (Å²) < 4.78 is 13.6. The number of non-ortho nitro benzene ring substituents is 1. The van der Waals surface area contributed by atoms with Crippen LogP contribution in [-0.2, 0) is 0 Å². The first-order valence-corrected chi connectivity index (χ1v) is 8.72. The molecular formula is C20H13ClFN3O3. The van der Waals surface area contributed by atoms with Gasteiger partial charge < -0.3 is 5.32 Å². The van der Waals surface area contributed by atoms with Crippen LogP contribution in [0.1, 0.15) is 22.1 Å². The van der Waals surface area contributed by atoms with E-state index in [9.17, 15) is 19.3 Å². The summed E-state index contributed by atoms with van der Waals surface area (Å²) in [5.74, 6) is -0.927. The van der Waals surface area contributed by atoms with Crippen LogP contribution in [0.2, 0.25) is 5.02 Å². The Balaban J connectivity index is 1.88. The predicted octanol–water partition coefficient (Wildman–Crippen LogP) is 5.16. The van der Waals surface area contributed by atoms with Crippen molar-refractivity contribution < 1.29 is 14.1 Å². The van der Waals surface area contributed by atoms with E-state index >= 15 is 0 Å². The standard InChI is InChI=1S/C20H13ClFN3O3/c21-16-11-13(8-9-17(16)22)24-19(12-4-3-5-14(10-12)25(27)28)23-18-7-2-1-6-15(18)20(24)26/h1-11,19,23H. The van der Waals surface area contributed by atoms with Crippen LogP contribution in [0, 0.1) is 15.9 Å². The van der Waals surface area contributed by atoms with Crippen LogP contribution in [0.15, 0.2) is 66.7 Å². The molecule has 0 saturated heterocycles. The lowest BCUT2D eigenvalue weighted by Crippen LogP contribution is -2.43. The van der Waals surface area contributed by atoms with Crippen LogP contribution in [-0.4, -0.2) is 10.8 Å². The molecule has 0 fully saturated rings. The highest BCUT2D eigenvalue weighted by atomic mass is 35.5. The normalized spacial score (nSPS) is 15.7. The number of rotatable bonds is 3. The molecule has 1 N–H and O–H groups in total. The lowest BCUT2D eigenvalue weighted by atomic mass is 10.0. The largest absolute Gasteiger partial charge is 0.360 e. The monoisotopic (exact) mass is 397 g/mol. The van der Waals surface area contributed by atoms with Crippen LogP contribution in [0.25, 0.3) is 0 Å². The number of halogens is 2. The van der Waals surface area contributed by atoms with E-state index < -0.39 is 16.9 Å². The molecule has 28 heavy (non-hydrogen) atoms. The van der Waals surface area contributed by atoms with Gasteiger partial charge >= 0.3 is 0 Å². The molecule has 8 heteroatoms. The molecule has 0 radical (unpaired) electrons. The summed E-state index contributed by atoms with van der Waals surface area (Å²) in [5, 5.41) is 14.3. The van der Waals surface area contributed by atoms with Crippen LogP contribution in [0.5, 0.6) is 0 Å². The summed E-state index contributed by atoms with van der Waals surface area (Å²) in [5.41, 5.74) is 1.83. The number of fused-ring (bicyclic) bond motifs is 1. The van der Waals surface area contributed by atoms with E-state index in [1.165, 1.54) is 35.2 Å². The third-order valence-electron chi connectivity index (χ3n) is 4.50. The maximum Gasteiger partial charge on any atom is 0.269 e. The molecule has 0 aromatic heterocycles. The van der Waals surface area contributed by atoms with Crippen LogP contribution in [0.3, 0.4) is 0 Å². The number of para-hydroxylation sites is 1. The number of carbonyl (C=O) groups excluding carboxylic acids is 1. The Bertz CT molecular complexity index is 1110. The minimum absolute atomic E-state index is 0.0947. The Labute approximate surface area is 164 Å². The van der Waals surface area contributed by atoms with Gasteiger partial charge in [-0.1, -0.05) is 35.9 Å². The second-order valence-electron chi connectivity index (χ2n) is 6.22. The van der Waals surface area contributed by atoms with Gasteiger partial charge in [0.2, 0.25) is 0 Å². The number of carbonyl (C=O) groups is 1. The zero-order valence-corrected chi connectivity index (χ0v) is 15.1. The van der Waals surface area contributed by atoms with Gasteiger partial charge in [-0.2, -0.15) is 0 Å². The van der Waals surface area contributed by atoms with E-state index in [1.54, 1.807) is 36.4 Å². The Morgan fingerprint density at radius 1 is 1.07 bits per heavy atom. The molecule has 1 amide bonds. The van der Waals surface area contributed by atoms with Gasteiger partial charge in [0, 0.05) is 29.1 Å². The number of anilines is 2. The molecule has 4 rings (SSSR count). The smallest absolute Gasteiger partial charge is 0.269 e. The number of hydrogen-bond donors (Lipinski definition) is 1. The Morgan fingerprint density at radius 3 is 2.61 bits per heavy atom. The zero-order valence-electron chi connectivity index (χ0n) is 14.3. The Kier molecular flexibility index (Phi) is 4.44. The summed E-state index contributed by atoms with van der Waals surface area (Å²) in [6.07, 6.45) is -0.733. The lowest BCUT2D eigenvalue weighted by Gasteiger charge is -2.38. The molecule has 3 aromatic carbocycles. The minimum Gasteiger partial charge on any atom is -0.360 e. The van der Waals surface area contributed by atoms with Gasteiger partial charge in [-0.3, -0.25) is 19.8 Å². The Morgan fingerprint density at radius 2 is 1.86 bits per heavy atom. The lowest BCUT2D eigenvalue weighted by molar-refractivity contribution is -0.384. The number of amides is 1. The molecule has 1 aliphatic rings. The first-order valence-electron chi connectivity index (χ1n) is 8.34. The fraction of sp³-hybridized carbons (Fsp3) is 0.0500. The van der Waals surface area contributed by atoms with E-state index in [1.807, 2.05) is 0 Å². The Hall–Kier alpha value is -3.45. The summed E-state index contributed by atoms with van der Waals surface area (Å²) in [6.45, 7) is 0. The number of nitro benzene ring substituents is 1. The molecule has 0 spiro atoms. The van der Waals surface area contributed by atoms with Crippen LogP contribution < -0.4 is 10.2 Å². The van der Waals surface area contributed by atoms with Gasteiger partial charge in [0.05, 0.1) is 15.5 Å². The van der Waals surface area contributed by atoms with Crippen molar-refractivity contribution in [2.45, 2.75) is 6.17 Å². The average molecular weight is 398 g/mol. The molecular weight excluding hydrogens is 385 g/mol. The van der Waals surface area contributed by atoms with Crippen molar-refractivity contribution in [2.75, 3.05) is 10.2 Å². The summed E-state index contributed by atoms with van der Waals surface area (Å²) in [6, 6.07) is 16.9. The van der Waals surface area contributed by atoms with Gasteiger partial charge in [0.15, 0.2) is 0 Å². The highest BCUT2D eigenvalue weighted by Gasteiger charge is 2.34. The third kappa shape index (κ3) is 3.05. The summed E-state index contributed by atoms with van der Waals surface area (Å²) in [4.78, 5) is 25.3. The third-order valence-corrected chi connectivity index (χ3v) is 4.79. The topological polar surface area (TPSA) is 75.5 Å². The van der Waals surface area contributed by atoms with Crippen molar-refractivity contribution in [3.8, 4) is 0 Å². The molecule has 0 aliphatic carbocycles. The first-order chi connectivity index (χ1) is 13.5. The molecule has 1 atom stereocenters. The van der Waals surface area contributed by atoms with Gasteiger partial charge in [-0.25, -0.2) is 4.39 Å². The maximum absolute atomic E-state index is 13.6. The molecule has 1 aliphatic heterocycles. The SMILES string of the molecule is O=C1c2ccccc2NC(c2cccc([N+](=O)[O-])c2)N1c1ccc(F)c(Cl)c1. The van der Waals surface area contributed by atoms with Gasteiger partial charge in [0.1, 0.15) is 12.0 Å². The van der Waals surface area contributed by atoms with Crippen molar-refractivity contribution in [3.63, 3.8) is 0 Å². The van der Waals surface area contributed by atoms with E-state index in [0.717, 1.165) is 0 Å². The maximum atomic E-state index is 13.6. The molecule has 140 valence electrons. The summed E-state index contributed by atoms with van der Waals surface area (Å²) >= 11 is 5.92. The molecule has 0 bridgehead atoms. The highest BCUT2D eigenvalue weighted by molar-refractivity contribution is 6.31. The molecule has 1 heterocycles. The quantitative estimate of drug-likeness (QED) is 0.489. The molecule has 6 nitrogen and oxygen atoms in total. The second kappa shape index (κ2) is 6.94. The van der Waals surface area contributed by atoms with Crippen molar-refractivity contribution in [3.05, 3.63) is 98.8 Å². The van der Waals surface area contributed by atoms with E-state index in [-0.39, 0.29) is 16.6 Å². The van der Waals surface area contributed by atoms with Gasteiger partial charge in [-0.05, 0) is 30.3 Å². The summed E-state index contributed by atoms with van der Waals surface area (Å²) in [7, 11) is 0. The van der Waals surface area contributed by atoms with Crippen molar-refractivity contribution in [1.82, 2.24) is 0 Å². The van der Waals surface area contributed by atoms with E-state index in [4.69, 9.17) is 11.6 Å². The van der Waals surface area contributed by atoms with Gasteiger partial charge in [0.25, 0.3) is 11.6 Å². The number of nitrogens with one attached hydrogen (secondary N) is 1. The fourth-order valence-corrected chi connectivity index (χ4v) is 3.37.